The first-order valence-electron chi connectivity index (χ1n) is 7.23. The maximum atomic E-state index is 11.5. The molecule has 0 bridgehead atoms. The van der Waals surface area contributed by atoms with E-state index in [4.69, 9.17) is 0 Å². The maximum absolute atomic E-state index is 11.5. The number of hydrogen-bond acceptors (Lipinski definition) is 2. The zero-order chi connectivity index (χ0) is 12.5. The SMILES string of the molecule is CCCCC(CC)CNCC(=O)NCC1CC1. The number of amides is 1. The minimum absolute atomic E-state index is 0.155. The second-order valence-electron chi connectivity index (χ2n) is 5.29. The van der Waals surface area contributed by atoms with Crippen molar-refractivity contribution in [2.45, 2.75) is 52.4 Å². The van der Waals surface area contributed by atoms with Crippen LogP contribution in [0.15, 0.2) is 0 Å². The zero-order valence-electron chi connectivity index (χ0n) is 11.4. The van der Waals surface area contributed by atoms with Crippen LogP contribution in [-0.2, 0) is 4.79 Å². The first-order valence-corrected chi connectivity index (χ1v) is 7.23. The Kier molecular flexibility index (Phi) is 7.25. The molecule has 0 aromatic heterocycles. The standard InChI is InChI=1S/C14H28N2O/c1-3-5-6-12(4-2)9-15-11-14(17)16-10-13-7-8-13/h12-13,15H,3-11H2,1-2H3,(H,16,17). The highest BCUT2D eigenvalue weighted by atomic mass is 16.1. The molecule has 1 fully saturated rings. The van der Waals surface area contributed by atoms with Crippen LogP contribution >= 0.6 is 0 Å². The number of hydrogen-bond donors (Lipinski definition) is 2. The summed E-state index contributed by atoms with van der Waals surface area (Å²) in [5, 5.41) is 6.26. The van der Waals surface area contributed by atoms with E-state index in [0.29, 0.717) is 6.54 Å². The Hall–Kier alpha value is -0.570. The molecule has 1 aliphatic rings. The van der Waals surface area contributed by atoms with E-state index >= 15 is 0 Å². The lowest BCUT2D eigenvalue weighted by Crippen LogP contribution is -2.36. The molecule has 100 valence electrons. The molecule has 0 radical (unpaired) electrons. The van der Waals surface area contributed by atoms with Crippen LogP contribution in [0, 0.1) is 11.8 Å². The molecule has 1 unspecified atom stereocenters. The minimum atomic E-state index is 0.155. The number of carbonyl (C=O) groups excluding carboxylic acids is 1. The molecule has 3 heteroatoms. The molecule has 1 amide bonds. The second-order valence-corrected chi connectivity index (χ2v) is 5.29. The van der Waals surface area contributed by atoms with E-state index in [-0.39, 0.29) is 5.91 Å². The van der Waals surface area contributed by atoms with Gasteiger partial charge in [0.1, 0.15) is 0 Å². The van der Waals surface area contributed by atoms with Gasteiger partial charge < -0.3 is 10.6 Å². The van der Waals surface area contributed by atoms with E-state index in [1.165, 1.54) is 38.5 Å². The Morgan fingerprint density at radius 1 is 1.35 bits per heavy atom. The van der Waals surface area contributed by atoms with Gasteiger partial charge in [-0.2, -0.15) is 0 Å². The van der Waals surface area contributed by atoms with Gasteiger partial charge in [0.05, 0.1) is 6.54 Å². The van der Waals surface area contributed by atoms with Crippen LogP contribution in [0.4, 0.5) is 0 Å². The maximum Gasteiger partial charge on any atom is 0.233 e. The lowest BCUT2D eigenvalue weighted by molar-refractivity contribution is -0.120. The summed E-state index contributed by atoms with van der Waals surface area (Å²) in [5.74, 6) is 1.65. The van der Waals surface area contributed by atoms with Crippen LogP contribution in [0.3, 0.4) is 0 Å². The van der Waals surface area contributed by atoms with Crippen LogP contribution in [0.5, 0.6) is 0 Å². The van der Waals surface area contributed by atoms with Gasteiger partial charge >= 0.3 is 0 Å². The Morgan fingerprint density at radius 3 is 2.71 bits per heavy atom. The monoisotopic (exact) mass is 240 g/mol. The number of unbranched alkanes of at least 4 members (excludes halogenated alkanes) is 1. The quantitative estimate of drug-likeness (QED) is 0.615. The van der Waals surface area contributed by atoms with Gasteiger partial charge in [0.15, 0.2) is 0 Å². The molecule has 1 saturated carbocycles. The second kappa shape index (κ2) is 8.51. The summed E-state index contributed by atoms with van der Waals surface area (Å²) < 4.78 is 0. The van der Waals surface area contributed by atoms with Crippen LogP contribution in [-0.4, -0.2) is 25.5 Å². The van der Waals surface area contributed by atoms with Crippen molar-refractivity contribution >= 4 is 5.91 Å². The summed E-state index contributed by atoms with van der Waals surface area (Å²) in [6.07, 6.45) is 7.64. The Morgan fingerprint density at radius 2 is 2.12 bits per heavy atom. The average Bonchev–Trinajstić information content (AvgIpc) is 3.15. The Labute approximate surface area is 106 Å². The molecule has 0 aliphatic heterocycles. The first kappa shape index (κ1) is 14.5. The number of carbonyl (C=O) groups is 1. The molecule has 0 heterocycles. The van der Waals surface area contributed by atoms with E-state index in [1.54, 1.807) is 0 Å². The fourth-order valence-electron chi connectivity index (χ4n) is 1.98. The number of nitrogens with one attached hydrogen (secondary N) is 2. The normalized spacial score (nSPS) is 16.8. The summed E-state index contributed by atoms with van der Waals surface area (Å²) in [4.78, 5) is 11.5. The molecular weight excluding hydrogens is 212 g/mol. The highest BCUT2D eigenvalue weighted by Crippen LogP contribution is 2.27. The summed E-state index contributed by atoms with van der Waals surface area (Å²) in [6, 6.07) is 0. The minimum Gasteiger partial charge on any atom is -0.355 e. The van der Waals surface area contributed by atoms with Gasteiger partial charge in [0.25, 0.3) is 0 Å². The highest BCUT2D eigenvalue weighted by molar-refractivity contribution is 5.77. The molecule has 1 rings (SSSR count). The van der Waals surface area contributed by atoms with E-state index in [2.05, 4.69) is 24.5 Å². The number of rotatable bonds is 10. The Bertz CT molecular complexity index is 214. The fourth-order valence-corrected chi connectivity index (χ4v) is 1.98. The van der Waals surface area contributed by atoms with Crippen LogP contribution in [0.2, 0.25) is 0 Å². The van der Waals surface area contributed by atoms with Gasteiger partial charge in [-0.3, -0.25) is 4.79 Å². The van der Waals surface area contributed by atoms with Crippen molar-refractivity contribution < 1.29 is 4.79 Å². The summed E-state index contributed by atoms with van der Waals surface area (Å²) in [7, 11) is 0. The van der Waals surface area contributed by atoms with Crippen LogP contribution in [0.1, 0.15) is 52.4 Å². The predicted octanol–water partition coefficient (Wildman–Crippen LogP) is 2.32. The summed E-state index contributed by atoms with van der Waals surface area (Å²) >= 11 is 0. The lowest BCUT2D eigenvalue weighted by atomic mass is 9.99. The van der Waals surface area contributed by atoms with Crippen molar-refractivity contribution in [1.82, 2.24) is 10.6 Å². The molecule has 0 spiro atoms. The Balaban J connectivity index is 1.97. The van der Waals surface area contributed by atoms with Gasteiger partial charge in [0, 0.05) is 6.54 Å². The van der Waals surface area contributed by atoms with E-state index in [0.717, 1.165) is 24.9 Å². The highest BCUT2D eigenvalue weighted by Gasteiger charge is 2.21. The van der Waals surface area contributed by atoms with E-state index in [1.807, 2.05) is 0 Å². The van der Waals surface area contributed by atoms with Gasteiger partial charge in [-0.15, -0.1) is 0 Å². The summed E-state index contributed by atoms with van der Waals surface area (Å²) in [5.41, 5.74) is 0. The van der Waals surface area contributed by atoms with Crippen LogP contribution in [0.25, 0.3) is 0 Å². The van der Waals surface area contributed by atoms with Gasteiger partial charge in [-0.05, 0) is 37.6 Å². The molecule has 3 nitrogen and oxygen atoms in total. The topological polar surface area (TPSA) is 41.1 Å². The predicted molar refractivity (Wildman–Crippen MR) is 71.9 cm³/mol. The smallest absolute Gasteiger partial charge is 0.233 e. The molecule has 2 N–H and O–H groups in total. The van der Waals surface area contributed by atoms with Crippen molar-refractivity contribution in [3.05, 3.63) is 0 Å². The largest absolute Gasteiger partial charge is 0.355 e. The van der Waals surface area contributed by atoms with Crippen molar-refractivity contribution in [1.29, 1.82) is 0 Å². The van der Waals surface area contributed by atoms with Gasteiger partial charge in [-0.25, -0.2) is 0 Å². The molecular formula is C14H28N2O. The van der Waals surface area contributed by atoms with Crippen molar-refractivity contribution in [3.63, 3.8) is 0 Å². The third kappa shape index (κ3) is 7.37. The van der Waals surface area contributed by atoms with Crippen molar-refractivity contribution in [2.24, 2.45) is 11.8 Å². The van der Waals surface area contributed by atoms with Crippen molar-refractivity contribution in [3.8, 4) is 0 Å². The molecule has 17 heavy (non-hydrogen) atoms. The van der Waals surface area contributed by atoms with E-state index < -0.39 is 0 Å². The third-order valence-corrected chi connectivity index (χ3v) is 3.55. The average molecular weight is 240 g/mol. The zero-order valence-corrected chi connectivity index (χ0v) is 11.4. The molecule has 0 saturated heterocycles. The third-order valence-electron chi connectivity index (χ3n) is 3.55. The van der Waals surface area contributed by atoms with Gasteiger partial charge in [-0.1, -0.05) is 33.1 Å². The fraction of sp³-hybridized carbons (Fsp3) is 0.929. The molecule has 1 atom stereocenters. The molecule has 0 aromatic rings. The van der Waals surface area contributed by atoms with Crippen molar-refractivity contribution in [2.75, 3.05) is 19.6 Å². The first-order chi connectivity index (χ1) is 8.26. The lowest BCUT2D eigenvalue weighted by Gasteiger charge is -2.15. The summed E-state index contributed by atoms with van der Waals surface area (Å²) in [6.45, 7) is 6.80. The van der Waals surface area contributed by atoms with E-state index in [9.17, 15) is 4.79 Å². The molecule has 0 aromatic carbocycles. The van der Waals surface area contributed by atoms with Gasteiger partial charge in [0.2, 0.25) is 5.91 Å². The van der Waals surface area contributed by atoms with Crippen LogP contribution < -0.4 is 10.6 Å². The molecule has 1 aliphatic carbocycles.